The van der Waals surface area contributed by atoms with Crippen LogP contribution in [0.25, 0.3) is 16.9 Å². The predicted octanol–water partition coefficient (Wildman–Crippen LogP) is 5.77. The molecule has 5 rings (SSSR count). The quantitative estimate of drug-likeness (QED) is 0.297. The van der Waals surface area contributed by atoms with Crippen molar-refractivity contribution in [3.8, 4) is 22.7 Å². The number of aromatic nitrogens is 2. The normalized spacial score (nSPS) is 15.8. The van der Waals surface area contributed by atoms with E-state index in [-0.39, 0.29) is 41.2 Å². The van der Waals surface area contributed by atoms with Crippen LogP contribution in [0.4, 0.5) is 10.2 Å². The van der Waals surface area contributed by atoms with Crippen LogP contribution in [0.2, 0.25) is 0 Å². The summed E-state index contributed by atoms with van der Waals surface area (Å²) in [5, 5.41) is 7.71. The van der Waals surface area contributed by atoms with E-state index < -0.39 is 0 Å². The van der Waals surface area contributed by atoms with Crippen molar-refractivity contribution in [3.63, 3.8) is 0 Å². The molecule has 0 radical (unpaired) electrons. The number of carbonyl (C=O) groups is 2. The zero-order chi connectivity index (χ0) is 28.2. The lowest BCUT2D eigenvalue weighted by molar-refractivity contribution is -0.123. The second-order valence-corrected chi connectivity index (χ2v) is 10.8. The van der Waals surface area contributed by atoms with Gasteiger partial charge in [-0.1, -0.05) is 49.4 Å². The predicted molar refractivity (Wildman–Crippen MR) is 157 cm³/mol. The third-order valence-electron chi connectivity index (χ3n) is 6.95. The van der Waals surface area contributed by atoms with E-state index in [1.807, 2.05) is 68.4 Å². The van der Waals surface area contributed by atoms with Crippen molar-refractivity contribution in [1.29, 1.82) is 0 Å². The summed E-state index contributed by atoms with van der Waals surface area (Å²) >= 11 is 1.45. The van der Waals surface area contributed by atoms with E-state index in [0.29, 0.717) is 22.9 Å². The Morgan fingerprint density at radius 1 is 1.10 bits per heavy atom. The molecule has 0 unspecified atom stereocenters. The largest absolute Gasteiger partial charge is 0.497 e. The summed E-state index contributed by atoms with van der Waals surface area (Å²) in [7, 11) is 1.60. The molecule has 4 aromatic rings. The number of nitrogens with zero attached hydrogens (tertiary/aromatic N) is 3. The monoisotopic (exact) mass is 558 g/mol. The Hall–Kier alpha value is -4.11. The summed E-state index contributed by atoms with van der Waals surface area (Å²) in [6, 6.07) is 23.5. The Balaban J connectivity index is 1.76. The van der Waals surface area contributed by atoms with Gasteiger partial charge < -0.3 is 10.1 Å². The molecular formula is C31H31FN4O3S. The van der Waals surface area contributed by atoms with Gasteiger partial charge in [0.1, 0.15) is 23.9 Å². The molecule has 0 bridgehead atoms. The van der Waals surface area contributed by atoms with Crippen LogP contribution in [0.15, 0.2) is 78.9 Å². The maximum Gasteiger partial charge on any atom is 0.240 e. The number of fused-ring (bicyclic) bond motifs is 1. The Labute approximate surface area is 237 Å². The van der Waals surface area contributed by atoms with Gasteiger partial charge in [-0.15, -0.1) is 11.8 Å². The fraction of sp³-hybridized carbons (Fsp3) is 0.258. The second-order valence-electron chi connectivity index (χ2n) is 9.66. The average molecular weight is 559 g/mol. The number of anilines is 1. The van der Waals surface area contributed by atoms with Crippen molar-refractivity contribution >= 4 is 29.4 Å². The van der Waals surface area contributed by atoms with Crippen LogP contribution in [-0.4, -0.2) is 47.0 Å². The van der Waals surface area contributed by atoms with Crippen LogP contribution >= 0.6 is 11.8 Å². The smallest absolute Gasteiger partial charge is 0.240 e. The molecule has 0 spiro atoms. The molecule has 9 heteroatoms. The number of hydrogen-bond donors (Lipinski definition) is 1. The van der Waals surface area contributed by atoms with Gasteiger partial charge in [0.25, 0.3) is 0 Å². The van der Waals surface area contributed by atoms with Crippen LogP contribution < -0.4 is 15.0 Å². The molecule has 0 saturated heterocycles. The minimum absolute atomic E-state index is 0.0261. The summed E-state index contributed by atoms with van der Waals surface area (Å²) in [4.78, 5) is 28.4. The van der Waals surface area contributed by atoms with Gasteiger partial charge in [-0.3, -0.25) is 14.5 Å². The zero-order valence-corrected chi connectivity index (χ0v) is 23.5. The number of thioether (sulfide) groups is 1. The highest BCUT2D eigenvalue weighted by Gasteiger charge is 2.37. The molecule has 1 N–H and O–H groups in total. The first-order valence-corrected chi connectivity index (χ1v) is 14.2. The topological polar surface area (TPSA) is 76.5 Å². The van der Waals surface area contributed by atoms with E-state index in [2.05, 4.69) is 5.32 Å². The Morgan fingerprint density at radius 3 is 2.45 bits per heavy atom. The lowest BCUT2D eigenvalue weighted by atomic mass is 9.99. The lowest BCUT2D eigenvalue weighted by Crippen LogP contribution is -2.44. The van der Waals surface area contributed by atoms with Crippen molar-refractivity contribution in [3.05, 3.63) is 95.8 Å². The van der Waals surface area contributed by atoms with Gasteiger partial charge >= 0.3 is 0 Å². The standard InChI is InChI=1S/C31H31FN4O3S/c1-4-20(2)33-26(37)18-35-27(38)19-40-30(22-10-12-23(32)13-11-22)28-29(21-8-6-5-7-9-21)34-36(31(28)35)24-14-16-25(39-3)17-15-24/h5-17,20,30H,4,18-19H2,1-3H3,(H,33,37)/t20-,30+/m0/s1. The summed E-state index contributed by atoms with van der Waals surface area (Å²) in [5.41, 5.74) is 3.91. The molecule has 3 aromatic carbocycles. The average Bonchev–Trinajstić information content (AvgIpc) is 3.30. The van der Waals surface area contributed by atoms with E-state index in [1.54, 1.807) is 23.9 Å². The van der Waals surface area contributed by atoms with Crippen molar-refractivity contribution in [2.45, 2.75) is 31.6 Å². The van der Waals surface area contributed by atoms with E-state index >= 15 is 0 Å². The minimum atomic E-state index is -0.334. The first-order chi connectivity index (χ1) is 19.4. The number of ether oxygens (including phenoxy) is 1. The molecule has 1 aromatic heterocycles. The van der Waals surface area contributed by atoms with E-state index in [4.69, 9.17) is 9.84 Å². The number of benzene rings is 3. The van der Waals surface area contributed by atoms with Crippen LogP contribution in [0.1, 0.15) is 36.6 Å². The number of nitrogens with one attached hydrogen (secondary N) is 1. The van der Waals surface area contributed by atoms with Gasteiger partial charge in [-0.05, 0) is 55.3 Å². The molecular weight excluding hydrogens is 527 g/mol. The molecule has 2 heterocycles. The number of methoxy groups -OCH3 is 1. The Kier molecular flexibility index (Phi) is 8.21. The highest BCUT2D eigenvalue weighted by Crippen LogP contribution is 2.48. The molecule has 40 heavy (non-hydrogen) atoms. The fourth-order valence-electron chi connectivity index (χ4n) is 4.70. The summed E-state index contributed by atoms with van der Waals surface area (Å²) in [6.07, 6.45) is 0.773. The lowest BCUT2D eigenvalue weighted by Gasteiger charge is -2.24. The van der Waals surface area contributed by atoms with Crippen molar-refractivity contribution in [2.24, 2.45) is 0 Å². The number of carbonyl (C=O) groups excluding carboxylic acids is 2. The Morgan fingerprint density at radius 2 is 1.80 bits per heavy atom. The Bertz CT molecular complexity index is 1490. The zero-order valence-electron chi connectivity index (χ0n) is 22.6. The number of halogens is 1. The van der Waals surface area contributed by atoms with Crippen molar-refractivity contribution in [2.75, 3.05) is 24.3 Å². The third-order valence-corrected chi connectivity index (χ3v) is 8.20. The first kappa shape index (κ1) is 27.5. The molecule has 206 valence electrons. The van der Waals surface area contributed by atoms with Crippen LogP contribution in [0.5, 0.6) is 5.75 Å². The van der Waals surface area contributed by atoms with Gasteiger partial charge in [0, 0.05) is 17.2 Å². The first-order valence-electron chi connectivity index (χ1n) is 13.2. The molecule has 0 saturated carbocycles. The van der Waals surface area contributed by atoms with Gasteiger partial charge in [-0.25, -0.2) is 9.07 Å². The fourth-order valence-corrected chi connectivity index (χ4v) is 5.90. The molecule has 2 atom stereocenters. The van der Waals surface area contributed by atoms with Gasteiger partial charge in [0.15, 0.2) is 0 Å². The van der Waals surface area contributed by atoms with E-state index in [9.17, 15) is 14.0 Å². The molecule has 0 fully saturated rings. The molecule has 1 aliphatic rings. The maximum absolute atomic E-state index is 13.9. The SMILES string of the molecule is CC[C@H](C)NC(=O)CN1C(=O)CS[C@H](c2ccc(F)cc2)c2c(-c3ccccc3)nn(-c3ccc(OC)cc3)c21. The van der Waals surface area contributed by atoms with Crippen molar-refractivity contribution < 1.29 is 18.7 Å². The van der Waals surface area contributed by atoms with E-state index in [1.165, 1.54) is 28.8 Å². The molecule has 7 nitrogen and oxygen atoms in total. The third kappa shape index (κ3) is 5.60. The van der Waals surface area contributed by atoms with Crippen molar-refractivity contribution in [1.82, 2.24) is 15.1 Å². The second kappa shape index (κ2) is 12.0. The highest BCUT2D eigenvalue weighted by atomic mass is 32.2. The van der Waals surface area contributed by atoms with Gasteiger partial charge in [0.05, 0.1) is 29.5 Å². The van der Waals surface area contributed by atoms with Gasteiger partial charge in [-0.2, -0.15) is 5.10 Å². The summed E-state index contributed by atoms with van der Waals surface area (Å²) in [5.74, 6) is 0.564. The number of hydrogen-bond acceptors (Lipinski definition) is 5. The van der Waals surface area contributed by atoms with E-state index in [0.717, 1.165) is 23.1 Å². The summed E-state index contributed by atoms with van der Waals surface area (Å²) < 4.78 is 21.0. The van der Waals surface area contributed by atoms with Crippen LogP contribution in [-0.2, 0) is 9.59 Å². The van der Waals surface area contributed by atoms with Gasteiger partial charge in [0.2, 0.25) is 11.8 Å². The van der Waals surface area contributed by atoms with Crippen LogP contribution in [0.3, 0.4) is 0 Å². The highest BCUT2D eigenvalue weighted by molar-refractivity contribution is 8.00. The minimum Gasteiger partial charge on any atom is -0.497 e. The van der Waals surface area contributed by atoms with Crippen LogP contribution in [0, 0.1) is 5.82 Å². The molecule has 1 aliphatic heterocycles. The molecule has 2 amide bonds. The number of rotatable bonds is 8. The maximum atomic E-state index is 13.9. The summed E-state index contributed by atoms with van der Waals surface area (Å²) in [6.45, 7) is 3.78. The number of amides is 2. The molecule has 0 aliphatic carbocycles.